The second-order valence-corrected chi connectivity index (χ2v) is 5.85. The Hall–Kier alpha value is -0.970. The molecule has 1 atom stereocenters. The molecule has 0 aliphatic rings. The minimum Gasteiger partial charge on any atom is -0.323 e. The van der Waals surface area contributed by atoms with Gasteiger partial charge in [-0.2, -0.15) is 0 Å². The van der Waals surface area contributed by atoms with Crippen molar-refractivity contribution in [1.29, 1.82) is 0 Å². The summed E-state index contributed by atoms with van der Waals surface area (Å²) in [5.41, 5.74) is 7.69. The van der Waals surface area contributed by atoms with Crippen molar-refractivity contribution in [2.75, 3.05) is 0 Å². The van der Waals surface area contributed by atoms with E-state index in [4.69, 9.17) is 17.3 Å². The summed E-state index contributed by atoms with van der Waals surface area (Å²) in [5.74, 6) is -1.69. The average molecular weight is 288 g/mol. The molecule has 0 radical (unpaired) electrons. The zero-order valence-electron chi connectivity index (χ0n) is 9.71. The van der Waals surface area contributed by atoms with Crippen LogP contribution in [0.5, 0.6) is 0 Å². The van der Waals surface area contributed by atoms with Crippen LogP contribution in [0.2, 0.25) is 4.34 Å². The largest absolute Gasteiger partial charge is 0.323 e. The van der Waals surface area contributed by atoms with Crippen LogP contribution < -0.4 is 5.73 Å². The lowest BCUT2D eigenvalue weighted by molar-refractivity contribution is 0.506. The number of nitrogens with two attached hydrogens (primary N) is 1. The fraction of sp³-hybridized carbons (Fsp3) is 0.231. The molecular formula is C13H12ClF2NS. The lowest BCUT2D eigenvalue weighted by Gasteiger charge is -2.09. The van der Waals surface area contributed by atoms with Gasteiger partial charge >= 0.3 is 0 Å². The molecule has 2 rings (SSSR count). The molecule has 1 aromatic carbocycles. The Bertz CT molecular complexity index is 549. The minimum atomic E-state index is -0.847. The van der Waals surface area contributed by atoms with Gasteiger partial charge in [-0.05, 0) is 42.7 Å². The van der Waals surface area contributed by atoms with Crippen LogP contribution in [0.25, 0.3) is 0 Å². The van der Waals surface area contributed by atoms with Crippen LogP contribution in [0.4, 0.5) is 8.78 Å². The highest BCUT2D eigenvalue weighted by atomic mass is 35.5. The summed E-state index contributed by atoms with van der Waals surface area (Å²) in [7, 11) is 0. The molecule has 0 saturated carbocycles. The van der Waals surface area contributed by atoms with Crippen molar-refractivity contribution in [1.82, 2.24) is 0 Å². The molecule has 1 aromatic heterocycles. The normalized spacial score (nSPS) is 12.7. The van der Waals surface area contributed by atoms with Crippen molar-refractivity contribution in [3.63, 3.8) is 0 Å². The summed E-state index contributed by atoms with van der Waals surface area (Å²) < 4.78 is 26.6. The van der Waals surface area contributed by atoms with E-state index >= 15 is 0 Å². The van der Waals surface area contributed by atoms with Crippen LogP contribution in [0.3, 0.4) is 0 Å². The van der Waals surface area contributed by atoms with Crippen molar-refractivity contribution in [3.05, 3.63) is 56.2 Å². The summed E-state index contributed by atoms with van der Waals surface area (Å²) in [6, 6.07) is 5.50. The number of hydrogen-bond acceptors (Lipinski definition) is 2. The third-order valence-corrected chi connectivity index (χ3v) is 4.37. The Morgan fingerprint density at radius 3 is 2.56 bits per heavy atom. The number of halogens is 3. The molecule has 0 aliphatic carbocycles. The van der Waals surface area contributed by atoms with E-state index in [1.165, 1.54) is 17.4 Å². The second-order valence-electron chi connectivity index (χ2n) is 4.16. The Morgan fingerprint density at radius 1 is 1.28 bits per heavy atom. The van der Waals surface area contributed by atoms with Crippen LogP contribution in [0, 0.1) is 18.6 Å². The van der Waals surface area contributed by atoms with Gasteiger partial charge in [0.1, 0.15) is 0 Å². The topological polar surface area (TPSA) is 26.0 Å². The average Bonchev–Trinajstić information content (AvgIpc) is 2.65. The summed E-state index contributed by atoms with van der Waals surface area (Å²) in [5, 5.41) is 0. The Morgan fingerprint density at radius 2 is 2.00 bits per heavy atom. The van der Waals surface area contributed by atoms with Crippen LogP contribution in [-0.4, -0.2) is 0 Å². The number of aryl methyl sites for hydroxylation is 1. The van der Waals surface area contributed by atoms with Crippen LogP contribution in [-0.2, 0) is 6.42 Å². The molecule has 2 aromatic rings. The molecule has 18 heavy (non-hydrogen) atoms. The van der Waals surface area contributed by atoms with Gasteiger partial charge in [-0.25, -0.2) is 8.78 Å². The monoisotopic (exact) mass is 287 g/mol. The molecule has 5 heteroatoms. The lowest BCUT2D eigenvalue weighted by atomic mass is 10.0. The van der Waals surface area contributed by atoms with Gasteiger partial charge in [0, 0.05) is 10.9 Å². The molecule has 1 unspecified atom stereocenters. The predicted molar refractivity (Wildman–Crippen MR) is 71.1 cm³/mol. The third-order valence-electron chi connectivity index (χ3n) is 2.68. The van der Waals surface area contributed by atoms with Crippen LogP contribution in [0.15, 0.2) is 24.3 Å². The molecule has 0 saturated heterocycles. The maximum Gasteiger partial charge on any atom is 0.159 e. The molecule has 0 aliphatic heterocycles. The van der Waals surface area contributed by atoms with Crippen molar-refractivity contribution < 1.29 is 8.78 Å². The molecular weight excluding hydrogens is 276 g/mol. The molecule has 0 fully saturated rings. The second kappa shape index (κ2) is 5.34. The Balaban J connectivity index is 2.15. The minimum absolute atomic E-state index is 0.258. The molecule has 1 heterocycles. The molecule has 2 N–H and O–H groups in total. The lowest BCUT2D eigenvalue weighted by Crippen LogP contribution is -2.12. The van der Waals surface area contributed by atoms with Crippen LogP contribution >= 0.6 is 22.9 Å². The molecule has 0 spiro atoms. The quantitative estimate of drug-likeness (QED) is 0.898. The van der Waals surface area contributed by atoms with E-state index in [1.54, 1.807) is 6.07 Å². The Kier molecular flexibility index (Phi) is 4.00. The Labute approximate surface area is 113 Å². The standard InChI is InChI=1S/C13H12ClF2NS/c1-7-4-12(18-13(7)14)11(17)6-8-2-3-9(15)10(16)5-8/h2-5,11H,6,17H2,1H3. The number of hydrogen-bond donors (Lipinski definition) is 1. The molecule has 0 bridgehead atoms. The summed E-state index contributed by atoms with van der Waals surface area (Å²) in [6.45, 7) is 1.91. The molecule has 96 valence electrons. The fourth-order valence-electron chi connectivity index (χ4n) is 1.69. The molecule has 0 amide bonds. The van der Waals surface area contributed by atoms with Gasteiger partial charge in [0.05, 0.1) is 4.34 Å². The van der Waals surface area contributed by atoms with Crippen molar-refractivity contribution in [2.24, 2.45) is 5.73 Å². The highest BCUT2D eigenvalue weighted by molar-refractivity contribution is 7.16. The van der Waals surface area contributed by atoms with Gasteiger partial charge in [0.2, 0.25) is 0 Å². The fourth-order valence-corrected chi connectivity index (χ4v) is 2.91. The predicted octanol–water partition coefficient (Wildman–Crippen LogP) is 4.23. The number of thiophene rings is 1. The van der Waals surface area contributed by atoms with Gasteiger partial charge in [0.25, 0.3) is 0 Å². The SMILES string of the molecule is Cc1cc(C(N)Cc2ccc(F)c(F)c2)sc1Cl. The number of rotatable bonds is 3. The van der Waals surface area contributed by atoms with E-state index in [9.17, 15) is 8.78 Å². The first-order chi connectivity index (χ1) is 8.47. The van der Waals surface area contributed by atoms with E-state index in [2.05, 4.69) is 0 Å². The summed E-state index contributed by atoms with van der Waals surface area (Å²) >= 11 is 7.40. The van der Waals surface area contributed by atoms with Gasteiger partial charge < -0.3 is 5.73 Å². The van der Waals surface area contributed by atoms with E-state index in [0.717, 1.165) is 16.5 Å². The zero-order chi connectivity index (χ0) is 13.3. The van der Waals surface area contributed by atoms with E-state index < -0.39 is 11.6 Å². The first-order valence-corrected chi connectivity index (χ1v) is 6.62. The highest BCUT2D eigenvalue weighted by Gasteiger charge is 2.13. The zero-order valence-corrected chi connectivity index (χ0v) is 11.3. The van der Waals surface area contributed by atoms with E-state index in [0.29, 0.717) is 16.3 Å². The first-order valence-electron chi connectivity index (χ1n) is 5.42. The van der Waals surface area contributed by atoms with Crippen molar-refractivity contribution >= 4 is 22.9 Å². The summed E-state index contributed by atoms with van der Waals surface area (Å²) in [4.78, 5) is 0.947. The van der Waals surface area contributed by atoms with Gasteiger partial charge in [-0.15, -0.1) is 11.3 Å². The summed E-state index contributed by atoms with van der Waals surface area (Å²) in [6.07, 6.45) is 0.452. The maximum absolute atomic E-state index is 13.1. The van der Waals surface area contributed by atoms with Crippen molar-refractivity contribution in [3.8, 4) is 0 Å². The van der Waals surface area contributed by atoms with Gasteiger partial charge in [0.15, 0.2) is 11.6 Å². The number of benzene rings is 1. The van der Waals surface area contributed by atoms with Gasteiger partial charge in [-0.1, -0.05) is 17.7 Å². The van der Waals surface area contributed by atoms with Crippen LogP contribution in [0.1, 0.15) is 22.0 Å². The first kappa shape index (κ1) is 13.5. The third kappa shape index (κ3) is 2.88. The molecule has 1 nitrogen and oxygen atoms in total. The van der Waals surface area contributed by atoms with E-state index in [-0.39, 0.29) is 6.04 Å². The van der Waals surface area contributed by atoms with Crippen molar-refractivity contribution in [2.45, 2.75) is 19.4 Å². The van der Waals surface area contributed by atoms with E-state index in [1.807, 2.05) is 13.0 Å². The highest BCUT2D eigenvalue weighted by Crippen LogP contribution is 2.31. The maximum atomic E-state index is 13.1. The smallest absolute Gasteiger partial charge is 0.159 e. The van der Waals surface area contributed by atoms with Gasteiger partial charge in [-0.3, -0.25) is 0 Å².